The second-order valence-corrected chi connectivity index (χ2v) is 4.68. The average Bonchev–Trinajstić information content (AvgIpc) is 2.72. The number of nitrogens with two attached hydrogens (primary N) is 1. The fourth-order valence-electron chi connectivity index (χ4n) is 1.64. The maximum absolute atomic E-state index is 12.6. The minimum absolute atomic E-state index is 0.0417. The minimum Gasteiger partial charge on any atom is -0.396 e. The van der Waals surface area contributed by atoms with Gasteiger partial charge in [0.1, 0.15) is 6.54 Å². The second-order valence-electron chi connectivity index (χ2n) is 4.25. The van der Waals surface area contributed by atoms with Gasteiger partial charge in [-0.2, -0.15) is 18.3 Å². The Morgan fingerprint density at radius 2 is 2.10 bits per heavy atom. The first-order chi connectivity index (χ1) is 9.74. The molecule has 2 aromatic rings. The molecule has 1 aromatic heterocycles. The molecule has 0 saturated heterocycles. The number of halogens is 4. The number of nitrogens with one attached hydrogen (secondary N) is 1. The number of alkyl halides is 3. The van der Waals surface area contributed by atoms with Crippen LogP contribution in [0.4, 0.5) is 24.5 Å². The number of carbonyl (C=O) groups excluding carboxylic acids is 1. The molecule has 2 rings (SSSR count). The minimum atomic E-state index is -4.54. The Balaban J connectivity index is 2.12. The standard InChI is InChI=1S/C12H10ClF3N4O/c13-8-1-7(12(14,15)16)2-10(3-8)19-11(21)6-20-5-9(17)4-18-20/h1-5H,6,17H2,(H,19,21). The van der Waals surface area contributed by atoms with Crippen molar-refractivity contribution in [1.29, 1.82) is 0 Å². The Hall–Kier alpha value is -2.22. The third-order valence-electron chi connectivity index (χ3n) is 2.47. The highest BCUT2D eigenvalue weighted by molar-refractivity contribution is 6.31. The Morgan fingerprint density at radius 1 is 1.38 bits per heavy atom. The molecule has 0 saturated carbocycles. The van der Waals surface area contributed by atoms with Gasteiger partial charge in [0.15, 0.2) is 0 Å². The lowest BCUT2D eigenvalue weighted by Gasteiger charge is -2.11. The lowest BCUT2D eigenvalue weighted by molar-refractivity contribution is -0.137. The van der Waals surface area contributed by atoms with Gasteiger partial charge in [-0.3, -0.25) is 9.48 Å². The van der Waals surface area contributed by atoms with Crippen LogP contribution < -0.4 is 11.1 Å². The fourth-order valence-corrected chi connectivity index (χ4v) is 1.87. The maximum Gasteiger partial charge on any atom is 0.416 e. The van der Waals surface area contributed by atoms with E-state index in [0.717, 1.165) is 12.1 Å². The van der Waals surface area contributed by atoms with Crippen molar-refractivity contribution >= 4 is 28.9 Å². The first-order valence-electron chi connectivity index (χ1n) is 5.69. The van der Waals surface area contributed by atoms with Crippen molar-refractivity contribution < 1.29 is 18.0 Å². The van der Waals surface area contributed by atoms with Gasteiger partial charge < -0.3 is 11.1 Å². The molecule has 1 heterocycles. The van der Waals surface area contributed by atoms with E-state index >= 15 is 0 Å². The van der Waals surface area contributed by atoms with Gasteiger partial charge in [0.25, 0.3) is 0 Å². The van der Waals surface area contributed by atoms with Gasteiger partial charge in [0, 0.05) is 16.9 Å². The highest BCUT2D eigenvalue weighted by Crippen LogP contribution is 2.33. The Bertz CT molecular complexity index is 669. The molecule has 0 spiro atoms. The summed E-state index contributed by atoms with van der Waals surface area (Å²) in [7, 11) is 0. The van der Waals surface area contributed by atoms with Crippen LogP contribution in [0.25, 0.3) is 0 Å². The molecule has 1 aromatic carbocycles. The molecular weight excluding hydrogens is 309 g/mol. The lowest BCUT2D eigenvalue weighted by Crippen LogP contribution is -2.19. The van der Waals surface area contributed by atoms with Gasteiger partial charge in [0.2, 0.25) is 5.91 Å². The number of anilines is 2. The molecule has 0 fully saturated rings. The molecular formula is C12H10ClF3N4O. The van der Waals surface area contributed by atoms with Crippen LogP contribution >= 0.6 is 11.6 Å². The Labute approximate surface area is 122 Å². The zero-order chi connectivity index (χ0) is 15.6. The molecule has 0 radical (unpaired) electrons. The molecule has 0 bridgehead atoms. The lowest BCUT2D eigenvalue weighted by atomic mass is 10.2. The zero-order valence-corrected chi connectivity index (χ0v) is 11.2. The number of carbonyl (C=O) groups is 1. The molecule has 0 atom stereocenters. The van der Waals surface area contributed by atoms with Gasteiger partial charge in [0.05, 0.1) is 17.4 Å². The predicted octanol–water partition coefficient (Wildman–Crippen LogP) is 2.78. The first-order valence-corrected chi connectivity index (χ1v) is 6.07. The normalized spacial score (nSPS) is 11.4. The fraction of sp³-hybridized carbons (Fsp3) is 0.167. The van der Waals surface area contributed by atoms with E-state index in [-0.39, 0.29) is 17.3 Å². The summed E-state index contributed by atoms with van der Waals surface area (Å²) in [6, 6.07) is 2.82. The molecule has 0 aliphatic carbocycles. The topological polar surface area (TPSA) is 72.9 Å². The molecule has 5 nitrogen and oxygen atoms in total. The van der Waals surface area contributed by atoms with Crippen molar-refractivity contribution in [3.05, 3.63) is 41.2 Å². The number of aromatic nitrogens is 2. The SMILES string of the molecule is Nc1cnn(CC(=O)Nc2cc(Cl)cc(C(F)(F)F)c2)c1. The van der Waals surface area contributed by atoms with Crippen LogP contribution in [0.2, 0.25) is 5.02 Å². The summed E-state index contributed by atoms with van der Waals surface area (Å²) < 4.78 is 39.2. The van der Waals surface area contributed by atoms with Gasteiger partial charge in [-0.25, -0.2) is 0 Å². The Kier molecular flexibility index (Phi) is 4.08. The van der Waals surface area contributed by atoms with Crippen molar-refractivity contribution in [3.8, 4) is 0 Å². The molecule has 3 N–H and O–H groups in total. The van der Waals surface area contributed by atoms with E-state index in [9.17, 15) is 18.0 Å². The van der Waals surface area contributed by atoms with Crippen molar-refractivity contribution in [3.63, 3.8) is 0 Å². The highest BCUT2D eigenvalue weighted by Gasteiger charge is 2.31. The summed E-state index contributed by atoms with van der Waals surface area (Å²) in [5, 5.41) is 6.00. The highest BCUT2D eigenvalue weighted by atomic mass is 35.5. The summed E-state index contributed by atoms with van der Waals surface area (Å²) in [6.45, 7) is -0.176. The van der Waals surface area contributed by atoms with E-state index in [1.165, 1.54) is 23.1 Å². The number of amides is 1. The van der Waals surface area contributed by atoms with Crippen LogP contribution in [0, 0.1) is 0 Å². The first kappa shape index (κ1) is 15.2. The molecule has 0 aliphatic heterocycles. The molecule has 9 heteroatoms. The van der Waals surface area contributed by atoms with Crippen LogP contribution in [0.1, 0.15) is 5.56 Å². The van der Waals surface area contributed by atoms with E-state index in [1.54, 1.807) is 0 Å². The summed E-state index contributed by atoms with van der Waals surface area (Å²) in [5.74, 6) is -0.548. The molecule has 1 amide bonds. The Morgan fingerprint density at radius 3 is 2.67 bits per heavy atom. The number of benzene rings is 1. The summed E-state index contributed by atoms with van der Waals surface area (Å²) in [5.41, 5.74) is 4.84. The van der Waals surface area contributed by atoms with Gasteiger partial charge in [-0.1, -0.05) is 11.6 Å². The van der Waals surface area contributed by atoms with Crippen molar-refractivity contribution in [2.24, 2.45) is 0 Å². The zero-order valence-electron chi connectivity index (χ0n) is 10.5. The summed E-state index contributed by atoms with van der Waals surface area (Å²) >= 11 is 5.62. The van der Waals surface area contributed by atoms with Gasteiger partial charge in [-0.15, -0.1) is 0 Å². The molecule has 0 aliphatic rings. The third-order valence-corrected chi connectivity index (χ3v) is 2.69. The third kappa shape index (κ3) is 4.12. The monoisotopic (exact) mass is 318 g/mol. The largest absolute Gasteiger partial charge is 0.416 e. The van der Waals surface area contributed by atoms with Crippen molar-refractivity contribution in [2.75, 3.05) is 11.1 Å². The number of hydrogen-bond donors (Lipinski definition) is 2. The average molecular weight is 319 g/mol. The predicted molar refractivity (Wildman–Crippen MR) is 71.7 cm³/mol. The molecule has 21 heavy (non-hydrogen) atoms. The smallest absolute Gasteiger partial charge is 0.396 e. The van der Waals surface area contributed by atoms with E-state index in [2.05, 4.69) is 10.4 Å². The van der Waals surface area contributed by atoms with Crippen LogP contribution in [0.5, 0.6) is 0 Å². The van der Waals surface area contributed by atoms with Crippen molar-refractivity contribution in [1.82, 2.24) is 9.78 Å². The van der Waals surface area contributed by atoms with Gasteiger partial charge >= 0.3 is 6.18 Å². The van der Waals surface area contributed by atoms with Crippen LogP contribution in [0.15, 0.2) is 30.6 Å². The van der Waals surface area contributed by atoms with Crippen LogP contribution in [-0.2, 0) is 17.5 Å². The van der Waals surface area contributed by atoms with Gasteiger partial charge in [-0.05, 0) is 18.2 Å². The van der Waals surface area contributed by atoms with E-state index in [0.29, 0.717) is 5.69 Å². The number of nitrogens with zero attached hydrogens (tertiary/aromatic N) is 2. The van der Waals surface area contributed by atoms with Crippen molar-refractivity contribution in [2.45, 2.75) is 12.7 Å². The van der Waals surface area contributed by atoms with E-state index < -0.39 is 17.6 Å². The number of hydrogen-bond acceptors (Lipinski definition) is 3. The van der Waals surface area contributed by atoms with Crippen LogP contribution in [0.3, 0.4) is 0 Å². The number of rotatable bonds is 3. The molecule has 112 valence electrons. The molecule has 0 unspecified atom stereocenters. The van der Waals surface area contributed by atoms with E-state index in [4.69, 9.17) is 17.3 Å². The quantitative estimate of drug-likeness (QED) is 0.914. The number of nitrogen functional groups attached to an aromatic ring is 1. The summed E-state index contributed by atoms with van der Waals surface area (Å²) in [4.78, 5) is 11.7. The van der Waals surface area contributed by atoms with E-state index in [1.807, 2.05) is 0 Å². The maximum atomic E-state index is 12.6. The van der Waals surface area contributed by atoms with Crippen LogP contribution in [-0.4, -0.2) is 15.7 Å². The summed E-state index contributed by atoms with van der Waals surface area (Å²) in [6.07, 6.45) is -1.76. The second kappa shape index (κ2) is 5.65.